The van der Waals surface area contributed by atoms with Crippen molar-refractivity contribution < 1.29 is 5.11 Å². The number of hydrogen-bond donors (Lipinski definition) is 2. The van der Waals surface area contributed by atoms with E-state index in [0.717, 1.165) is 21.8 Å². The summed E-state index contributed by atoms with van der Waals surface area (Å²) in [5, 5.41) is 16.6. The number of aromatic hydroxyl groups is 1. The van der Waals surface area contributed by atoms with E-state index in [1.165, 1.54) is 0 Å². The van der Waals surface area contributed by atoms with Crippen molar-refractivity contribution in [1.29, 1.82) is 0 Å². The second kappa shape index (κ2) is 6.16. The number of thiazole rings is 1. The summed E-state index contributed by atoms with van der Waals surface area (Å²) in [4.78, 5) is 4.28. The van der Waals surface area contributed by atoms with E-state index in [1.807, 2.05) is 29.6 Å². The van der Waals surface area contributed by atoms with Crippen LogP contribution in [0, 0.1) is 0 Å². The van der Waals surface area contributed by atoms with E-state index in [4.69, 9.17) is 11.6 Å². The van der Waals surface area contributed by atoms with Gasteiger partial charge in [-0.2, -0.15) is 0 Å². The minimum Gasteiger partial charge on any atom is -0.508 e. The molecule has 0 aliphatic carbocycles. The smallest absolute Gasteiger partial charge is 0.123 e. The van der Waals surface area contributed by atoms with Gasteiger partial charge in [-0.15, -0.1) is 11.3 Å². The van der Waals surface area contributed by atoms with E-state index in [1.54, 1.807) is 35.7 Å². The zero-order valence-corrected chi connectivity index (χ0v) is 12.7. The molecule has 2 aromatic carbocycles. The number of benzene rings is 2. The van der Waals surface area contributed by atoms with Crippen molar-refractivity contribution in [2.75, 3.05) is 5.32 Å². The molecule has 3 nitrogen and oxygen atoms in total. The lowest BCUT2D eigenvalue weighted by atomic mass is 10.2. The van der Waals surface area contributed by atoms with Crippen molar-refractivity contribution >= 4 is 28.6 Å². The van der Waals surface area contributed by atoms with Crippen LogP contribution >= 0.6 is 22.9 Å². The van der Waals surface area contributed by atoms with Gasteiger partial charge >= 0.3 is 0 Å². The van der Waals surface area contributed by atoms with Crippen LogP contribution in [0.2, 0.25) is 5.02 Å². The van der Waals surface area contributed by atoms with Gasteiger partial charge in [0.25, 0.3) is 0 Å². The van der Waals surface area contributed by atoms with E-state index in [2.05, 4.69) is 10.3 Å². The first-order chi connectivity index (χ1) is 10.2. The highest BCUT2D eigenvalue weighted by Gasteiger charge is 2.03. The molecular formula is C16H13ClN2OS. The molecule has 0 saturated carbocycles. The molecule has 0 bridgehead atoms. The van der Waals surface area contributed by atoms with Crippen LogP contribution in [0.25, 0.3) is 10.6 Å². The van der Waals surface area contributed by atoms with E-state index < -0.39 is 0 Å². The lowest BCUT2D eigenvalue weighted by Crippen LogP contribution is -1.99. The normalized spacial score (nSPS) is 10.5. The minimum absolute atomic E-state index is 0.242. The molecule has 0 radical (unpaired) electrons. The number of halogens is 1. The van der Waals surface area contributed by atoms with Gasteiger partial charge in [0.05, 0.1) is 0 Å². The lowest BCUT2D eigenvalue weighted by Gasteiger charge is -2.09. The van der Waals surface area contributed by atoms with Crippen LogP contribution < -0.4 is 5.32 Å². The highest BCUT2D eigenvalue weighted by Crippen LogP contribution is 2.25. The van der Waals surface area contributed by atoms with Gasteiger partial charge in [-0.3, -0.25) is 0 Å². The zero-order chi connectivity index (χ0) is 14.7. The number of nitrogens with one attached hydrogen (secondary N) is 1. The van der Waals surface area contributed by atoms with Crippen molar-refractivity contribution in [3.63, 3.8) is 0 Å². The molecule has 1 aromatic heterocycles. The average Bonchev–Trinajstić information content (AvgIpc) is 3.03. The van der Waals surface area contributed by atoms with Crippen molar-refractivity contribution in [3.05, 3.63) is 64.6 Å². The molecule has 0 aliphatic rings. The third kappa shape index (κ3) is 3.35. The van der Waals surface area contributed by atoms with Gasteiger partial charge in [0.15, 0.2) is 0 Å². The van der Waals surface area contributed by atoms with Crippen molar-refractivity contribution in [2.45, 2.75) is 6.54 Å². The molecule has 3 rings (SSSR count). The van der Waals surface area contributed by atoms with Gasteiger partial charge < -0.3 is 10.4 Å². The molecule has 2 N–H and O–H groups in total. The van der Waals surface area contributed by atoms with Crippen LogP contribution in [0.3, 0.4) is 0 Å². The molecule has 21 heavy (non-hydrogen) atoms. The summed E-state index contributed by atoms with van der Waals surface area (Å²) in [6, 6.07) is 13.1. The quantitative estimate of drug-likeness (QED) is 0.728. The first kappa shape index (κ1) is 13.9. The van der Waals surface area contributed by atoms with Gasteiger partial charge in [-0.1, -0.05) is 11.6 Å². The Morgan fingerprint density at radius 3 is 2.67 bits per heavy atom. The number of aromatic nitrogens is 1. The van der Waals surface area contributed by atoms with Gasteiger partial charge in [-0.05, 0) is 42.5 Å². The molecule has 5 heteroatoms. The summed E-state index contributed by atoms with van der Waals surface area (Å²) in [5.41, 5.74) is 2.85. The Morgan fingerprint density at radius 2 is 1.95 bits per heavy atom. The highest BCUT2D eigenvalue weighted by molar-refractivity contribution is 7.13. The number of anilines is 1. The lowest BCUT2D eigenvalue weighted by molar-refractivity contribution is 0.469. The third-order valence-corrected chi connectivity index (χ3v) is 4.15. The van der Waals surface area contributed by atoms with Crippen molar-refractivity contribution in [3.8, 4) is 16.3 Å². The Balaban J connectivity index is 1.70. The Bertz CT molecular complexity index is 727. The maximum atomic E-state index is 9.78. The fourth-order valence-electron chi connectivity index (χ4n) is 1.99. The first-order valence-corrected chi connectivity index (χ1v) is 7.69. The summed E-state index contributed by atoms with van der Waals surface area (Å²) >= 11 is 7.55. The molecule has 0 atom stereocenters. The molecule has 106 valence electrons. The summed E-state index contributed by atoms with van der Waals surface area (Å²) in [7, 11) is 0. The second-order valence-corrected chi connectivity index (χ2v) is 5.87. The van der Waals surface area contributed by atoms with E-state index >= 15 is 0 Å². The first-order valence-electron chi connectivity index (χ1n) is 6.43. The maximum absolute atomic E-state index is 9.78. The molecule has 0 aliphatic heterocycles. The maximum Gasteiger partial charge on any atom is 0.123 e. The van der Waals surface area contributed by atoms with E-state index in [0.29, 0.717) is 11.6 Å². The molecule has 0 amide bonds. The molecule has 0 saturated heterocycles. The van der Waals surface area contributed by atoms with E-state index in [-0.39, 0.29) is 5.75 Å². The van der Waals surface area contributed by atoms with Crippen LogP contribution in [0.1, 0.15) is 5.56 Å². The van der Waals surface area contributed by atoms with Gasteiger partial charge in [0, 0.05) is 40.0 Å². The summed E-state index contributed by atoms with van der Waals surface area (Å²) in [6.07, 6.45) is 1.80. The predicted octanol–water partition coefficient (Wildman–Crippen LogP) is 4.78. The average molecular weight is 317 g/mol. The zero-order valence-electron chi connectivity index (χ0n) is 11.1. The molecular weight excluding hydrogens is 304 g/mol. The molecule has 3 aromatic rings. The van der Waals surface area contributed by atoms with Gasteiger partial charge in [0.1, 0.15) is 10.8 Å². The number of rotatable bonds is 4. The van der Waals surface area contributed by atoms with Crippen LogP contribution in [-0.2, 0) is 6.54 Å². The fourth-order valence-corrected chi connectivity index (χ4v) is 2.83. The van der Waals surface area contributed by atoms with Gasteiger partial charge in [-0.25, -0.2) is 4.98 Å². The predicted molar refractivity (Wildman–Crippen MR) is 88.0 cm³/mol. The molecule has 0 fully saturated rings. The van der Waals surface area contributed by atoms with Gasteiger partial charge in [0.2, 0.25) is 0 Å². The second-order valence-electron chi connectivity index (χ2n) is 4.54. The molecule has 0 unspecified atom stereocenters. The number of phenols is 1. The standard InChI is InChI=1S/C16H13ClN2OS/c17-13-3-6-15(20)12(9-13)10-19-14-4-1-11(2-5-14)16-18-7-8-21-16/h1-9,19-20H,10H2. The fraction of sp³-hybridized carbons (Fsp3) is 0.0625. The molecule has 1 heterocycles. The SMILES string of the molecule is Oc1ccc(Cl)cc1CNc1ccc(-c2nccs2)cc1. The number of phenolic OH excluding ortho intramolecular Hbond substituents is 1. The Kier molecular flexibility index (Phi) is 4.08. The summed E-state index contributed by atoms with van der Waals surface area (Å²) < 4.78 is 0. The monoisotopic (exact) mass is 316 g/mol. The number of nitrogens with zero attached hydrogens (tertiary/aromatic N) is 1. The topological polar surface area (TPSA) is 45.1 Å². The van der Waals surface area contributed by atoms with Crippen molar-refractivity contribution in [2.24, 2.45) is 0 Å². The van der Waals surface area contributed by atoms with Crippen molar-refractivity contribution in [1.82, 2.24) is 4.98 Å². The molecule has 0 spiro atoms. The summed E-state index contributed by atoms with van der Waals surface area (Å²) in [5.74, 6) is 0.242. The van der Waals surface area contributed by atoms with Crippen LogP contribution in [0.4, 0.5) is 5.69 Å². The Hall–Kier alpha value is -2.04. The Labute approximate surface area is 131 Å². The van der Waals surface area contributed by atoms with Crippen LogP contribution in [-0.4, -0.2) is 10.1 Å². The van der Waals surface area contributed by atoms with E-state index in [9.17, 15) is 5.11 Å². The third-order valence-electron chi connectivity index (χ3n) is 3.09. The summed E-state index contributed by atoms with van der Waals surface area (Å²) in [6.45, 7) is 0.517. The number of hydrogen-bond acceptors (Lipinski definition) is 4. The Morgan fingerprint density at radius 1 is 1.14 bits per heavy atom. The van der Waals surface area contributed by atoms with Crippen LogP contribution in [0.15, 0.2) is 54.0 Å². The minimum atomic E-state index is 0.242. The largest absolute Gasteiger partial charge is 0.508 e. The van der Waals surface area contributed by atoms with Crippen LogP contribution in [0.5, 0.6) is 5.75 Å². The highest BCUT2D eigenvalue weighted by atomic mass is 35.5.